The molecule has 11 heteroatoms. The van der Waals surface area contributed by atoms with E-state index >= 15 is 0 Å². The Morgan fingerprint density at radius 2 is 1.84 bits per heavy atom. The van der Waals surface area contributed by atoms with Gasteiger partial charge in [0.2, 0.25) is 0 Å². The lowest BCUT2D eigenvalue weighted by molar-refractivity contribution is -0.0613. The minimum Gasteiger partial charge on any atom is -0.425 e. The second-order valence-electron chi connectivity index (χ2n) is 5.45. The Labute approximate surface area is 140 Å². The van der Waals surface area contributed by atoms with Crippen LogP contribution in [0.1, 0.15) is 12.0 Å². The topological polar surface area (TPSA) is 96.2 Å². The van der Waals surface area contributed by atoms with E-state index in [0.29, 0.717) is 10.8 Å². The van der Waals surface area contributed by atoms with E-state index in [1.807, 2.05) is 0 Å². The number of alkyl halides is 3. The second-order valence-corrected chi connectivity index (χ2v) is 6.98. The van der Waals surface area contributed by atoms with Crippen molar-refractivity contribution >= 4 is 39.9 Å². The van der Waals surface area contributed by atoms with E-state index in [2.05, 4.69) is 9.18 Å². The van der Waals surface area contributed by atoms with Gasteiger partial charge in [-0.15, -0.1) is 0 Å². The molecule has 0 amide bonds. The number of halogens is 3. The van der Waals surface area contributed by atoms with Gasteiger partial charge in [-0.05, 0) is 5.39 Å². The van der Waals surface area contributed by atoms with Crippen molar-refractivity contribution in [2.45, 2.75) is 17.4 Å². The van der Waals surface area contributed by atoms with Gasteiger partial charge in [0.05, 0.1) is 5.69 Å². The largest absolute Gasteiger partial charge is 0.523 e. The second kappa shape index (κ2) is 5.80. The molecule has 0 bridgehead atoms. The molecule has 1 heterocycles. The van der Waals surface area contributed by atoms with Crippen LogP contribution < -0.4 is 0 Å². The summed E-state index contributed by atoms with van der Waals surface area (Å²) in [6.07, 6.45) is 0.533. The van der Waals surface area contributed by atoms with Gasteiger partial charge >= 0.3 is 22.7 Å². The molecule has 1 aliphatic rings. The monoisotopic (exact) mass is 373 g/mol. The van der Waals surface area contributed by atoms with E-state index in [1.165, 1.54) is 12.1 Å². The Bertz CT molecular complexity index is 961. The van der Waals surface area contributed by atoms with Gasteiger partial charge in [0, 0.05) is 23.6 Å². The maximum atomic E-state index is 12.7. The average molecular weight is 373 g/mol. The van der Waals surface area contributed by atoms with Gasteiger partial charge in [0.25, 0.3) is 0 Å². The van der Waals surface area contributed by atoms with Crippen LogP contribution in [0, 0.1) is 0 Å². The molecule has 1 unspecified atom stereocenters. The molecular weight excluding hydrogens is 362 g/mol. The zero-order valence-corrected chi connectivity index (χ0v) is 13.3. The molecular formula is C14H11BF3NO5S. The van der Waals surface area contributed by atoms with E-state index in [9.17, 15) is 31.6 Å². The number of aliphatic imine (C=N–C) groups is 1. The van der Waals surface area contributed by atoms with Crippen molar-refractivity contribution in [1.82, 2.24) is 0 Å². The predicted octanol–water partition coefficient (Wildman–Crippen LogP) is 2.02. The molecule has 2 aromatic rings. The van der Waals surface area contributed by atoms with Crippen LogP contribution in [0.4, 0.5) is 18.9 Å². The lowest BCUT2D eigenvalue weighted by atomic mass is 9.61. The molecule has 25 heavy (non-hydrogen) atoms. The zero-order chi connectivity index (χ0) is 18.5. The highest BCUT2D eigenvalue weighted by atomic mass is 32.2. The van der Waals surface area contributed by atoms with Crippen LogP contribution in [0.2, 0.25) is 0 Å². The van der Waals surface area contributed by atoms with Crippen molar-refractivity contribution in [3.8, 4) is 0 Å². The molecule has 132 valence electrons. The van der Waals surface area contributed by atoms with Crippen LogP contribution in [0.15, 0.2) is 41.4 Å². The summed E-state index contributed by atoms with van der Waals surface area (Å²) in [4.78, 5) is 4.09. The molecule has 6 nitrogen and oxygen atoms in total. The summed E-state index contributed by atoms with van der Waals surface area (Å²) >= 11 is 0. The van der Waals surface area contributed by atoms with Gasteiger partial charge < -0.3 is 10.0 Å². The number of rotatable bonds is 3. The third kappa shape index (κ3) is 2.82. The van der Waals surface area contributed by atoms with Crippen molar-refractivity contribution in [1.29, 1.82) is 0 Å². The summed E-state index contributed by atoms with van der Waals surface area (Å²) < 4.78 is 65.5. The lowest BCUT2D eigenvalue weighted by Gasteiger charge is -2.34. The summed E-state index contributed by atoms with van der Waals surface area (Å²) in [5.41, 5.74) is -8.29. The molecule has 1 atom stereocenters. The number of benzene rings is 2. The summed E-state index contributed by atoms with van der Waals surface area (Å²) in [5, 5.41) is 20.6. The van der Waals surface area contributed by atoms with Gasteiger partial charge in [-0.2, -0.15) is 21.6 Å². The fraction of sp³-hybridized carbons (Fsp3) is 0.214. The molecule has 1 aliphatic heterocycles. The lowest BCUT2D eigenvalue weighted by Crippen LogP contribution is -2.50. The number of nitrogens with zero attached hydrogens (tertiary/aromatic N) is 1. The van der Waals surface area contributed by atoms with E-state index in [4.69, 9.17) is 0 Å². The third-order valence-electron chi connectivity index (χ3n) is 3.93. The molecule has 0 fully saturated rings. The molecule has 0 aliphatic carbocycles. The standard InChI is InChI=1S/C14H11BF3NO5S/c16-14(17,18)25(22,23)24-13(15(20)21)7-8-19-12-10-4-2-1-3-9(10)5-6-11(12)13/h1-6,8,20-21H,7H2. The van der Waals surface area contributed by atoms with Crippen LogP contribution in [0.25, 0.3) is 10.8 Å². The minimum atomic E-state index is -6.08. The van der Waals surface area contributed by atoms with Gasteiger partial charge in [0.15, 0.2) is 5.50 Å². The van der Waals surface area contributed by atoms with E-state index in [0.717, 1.165) is 6.21 Å². The zero-order valence-electron chi connectivity index (χ0n) is 12.4. The van der Waals surface area contributed by atoms with Gasteiger partial charge in [-0.25, -0.2) is 0 Å². The number of hydrogen-bond acceptors (Lipinski definition) is 6. The van der Waals surface area contributed by atoms with Crippen molar-refractivity contribution in [3.63, 3.8) is 0 Å². The highest BCUT2D eigenvalue weighted by molar-refractivity contribution is 7.87. The van der Waals surface area contributed by atoms with Gasteiger partial charge in [0.1, 0.15) is 0 Å². The molecule has 0 saturated carbocycles. The smallest absolute Gasteiger partial charge is 0.425 e. The van der Waals surface area contributed by atoms with Crippen LogP contribution in [0.5, 0.6) is 0 Å². The molecule has 0 spiro atoms. The van der Waals surface area contributed by atoms with Gasteiger partial charge in [-0.1, -0.05) is 36.4 Å². The Balaban J connectivity index is 2.25. The van der Waals surface area contributed by atoms with Crippen LogP contribution in [-0.4, -0.2) is 37.3 Å². The summed E-state index contributed by atoms with van der Waals surface area (Å²) in [5.74, 6) is 0. The van der Waals surface area contributed by atoms with Crippen LogP contribution >= 0.6 is 0 Å². The molecule has 0 saturated heterocycles. The maximum absolute atomic E-state index is 12.7. The first kappa shape index (κ1) is 17.9. The van der Waals surface area contributed by atoms with Crippen molar-refractivity contribution in [2.75, 3.05) is 0 Å². The van der Waals surface area contributed by atoms with Crippen molar-refractivity contribution < 1.29 is 35.8 Å². The van der Waals surface area contributed by atoms with E-state index in [-0.39, 0.29) is 11.3 Å². The predicted molar refractivity (Wildman–Crippen MR) is 84.6 cm³/mol. The summed E-state index contributed by atoms with van der Waals surface area (Å²) in [6.45, 7) is 0. The SMILES string of the molecule is O=S(=O)(OC1(B(O)O)CC=Nc2c1ccc1ccccc21)C(F)(F)F. The molecule has 3 rings (SSSR count). The fourth-order valence-corrected chi connectivity index (χ4v) is 3.46. The van der Waals surface area contributed by atoms with Gasteiger partial charge in [-0.3, -0.25) is 9.18 Å². The average Bonchev–Trinajstić information content (AvgIpc) is 2.53. The molecule has 0 radical (unpaired) electrons. The van der Waals surface area contributed by atoms with E-state index in [1.54, 1.807) is 24.3 Å². The first-order valence-electron chi connectivity index (χ1n) is 7.01. The molecule has 2 N–H and O–H groups in total. The van der Waals surface area contributed by atoms with Crippen molar-refractivity contribution in [2.24, 2.45) is 4.99 Å². The molecule has 0 aromatic heterocycles. The Morgan fingerprint density at radius 1 is 1.16 bits per heavy atom. The fourth-order valence-electron chi connectivity index (χ4n) is 2.73. The summed E-state index contributed by atoms with van der Waals surface area (Å²) in [6, 6.07) is 9.54. The number of fused-ring (bicyclic) bond motifs is 3. The Kier molecular flexibility index (Phi) is 4.15. The Hall–Kier alpha value is -1.95. The Morgan fingerprint density at radius 3 is 2.48 bits per heavy atom. The third-order valence-corrected chi connectivity index (χ3v) is 5.01. The molecule has 2 aromatic carbocycles. The highest BCUT2D eigenvalue weighted by Crippen LogP contribution is 2.45. The summed E-state index contributed by atoms with van der Waals surface area (Å²) in [7, 11) is -8.61. The maximum Gasteiger partial charge on any atom is 0.523 e. The quantitative estimate of drug-likeness (QED) is 0.488. The number of hydrogen-bond donors (Lipinski definition) is 2. The first-order valence-corrected chi connectivity index (χ1v) is 8.42. The van der Waals surface area contributed by atoms with Crippen LogP contribution in [-0.2, 0) is 19.8 Å². The minimum absolute atomic E-state index is 0.120. The first-order chi connectivity index (χ1) is 11.6. The van der Waals surface area contributed by atoms with E-state index < -0.39 is 34.7 Å². The highest BCUT2D eigenvalue weighted by Gasteiger charge is 2.57. The van der Waals surface area contributed by atoms with Crippen molar-refractivity contribution in [3.05, 3.63) is 42.0 Å². The normalized spacial score (nSPS) is 20.5. The van der Waals surface area contributed by atoms with Crippen LogP contribution in [0.3, 0.4) is 0 Å².